The van der Waals surface area contributed by atoms with Crippen LogP contribution in [0.5, 0.6) is 0 Å². The molecule has 14 heavy (non-hydrogen) atoms. The molecule has 0 spiro atoms. The van der Waals surface area contributed by atoms with E-state index >= 15 is 0 Å². The molecule has 0 radical (unpaired) electrons. The molecule has 0 aromatic heterocycles. The van der Waals surface area contributed by atoms with Crippen LogP contribution in [0.1, 0.15) is 12.8 Å². The first-order valence-corrected chi connectivity index (χ1v) is 4.07. The van der Waals surface area contributed by atoms with Gasteiger partial charge in [0.15, 0.2) is 0 Å². The van der Waals surface area contributed by atoms with E-state index in [1.54, 1.807) is 0 Å². The highest BCUT2D eigenvalue weighted by atomic mass is 16.4. The summed E-state index contributed by atoms with van der Waals surface area (Å²) >= 11 is 0. The molecule has 0 rings (SSSR count). The van der Waals surface area contributed by atoms with E-state index in [0.717, 1.165) is 0 Å². The third-order valence-electron chi connectivity index (χ3n) is 1.58. The number of nitrogens with two attached hydrogens (primary N) is 2. The fourth-order valence-electron chi connectivity index (χ4n) is 0.687. The van der Waals surface area contributed by atoms with Crippen LogP contribution < -0.4 is 11.5 Å². The molecule has 6 heteroatoms. The van der Waals surface area contributed by atoms with Crippen molar-refractivity contribution in [1.82, 2.24) is 0 Å². The normalized spacial score (nSPS) is 15.3. The Morgan fingerprint density at radius 2 is 1.29 bits per heavy atom. The van der Waals surface area contributed by atoms with Crippen LogP contribution in [-0.2, 0) is 9.59 Å². The minimum Gasteiger partial charge on any atom is -0.480 e. The molecule has 2 atom stereocenters. The van der Waals surface area contributed by atoms with E-state index in [0.29, 0.717) is 0 Å². The Morgan fingerprint density at radius 1 is 1.00 bits per heavy atom. The zero-order valence-corrected chi connectivity index (χ0v) is 7.59. The maximum Gasteiger partial charge on any atom is 0.320 e. The number of hydrogen-bond donors (Lipinski definition) is 4. The molecule has 0 aliphatic rings. The van der Waals surface area contributed by atoms with Crippen LogP contribution in [0.3, 0.4) is 0 Å². The lowest BCUT2D eigenvalue weighted by Crippen LogP contribution is -2.30. The zero-order valence-electron chi connectivity index (χ0n) is 7.59. The molecule has 0 aromatic rings. The molecule has 6 nitrogen and oxygen atoms in total. The van der Waals surface area contributed by atoms with Gasteiger partial charge >= 0.3 is 11.9 Å². The first-order valence-electron chi connectivity index (χ1n) is 4.07. The molecule has 0 saturated heterocycles. The maximum atomic E-state index is 10.3. The molecule has 6 N–H and O–H groups in total. The van der Waals surface area contributed by atoms with Crippen LogP contribution in [0.2, 0.25) is 0 Å². The Bertz CT molecular complexity index is 215. The monoisotopic (exact) mass is 202 g/mol. The molecule has 0 bridgehead atoms. The van der Waals surface area contributed by atoms with Crippen molar-refractivity contribution in [3.63, 3.8) is 0 Å². The molecular formula is C8H14N2O4. The lowest BCUT2D eigenvalue weighted by Gasteiger charge is -2.02. The first kappa shape index (κ1) is 12.6. The molecule has 0 aromatic carbocycles. The van der Waals surface area contributed by atoms with Gasteiger partial charge < -0.3 is 21.7 Å². The number of aliphatic carboxylic acids is 2. The van der Waals surface area contributed by atoms with Crippen molar-refractivity contribution in [1.29, 1.82) is 0 Å². The fraction of sp³-hybridized carbons (Fsp3) is 0.500. The molecule has 0 saturated carbocycles. The molecule has 80 valence electrons. The highest BCUT2D eigenvalue weighted by molar-refractivity contribution is 5.73. The Morgan fingerprint density at radius 3 is 1.50 bits per heavy atom. The molecule has 0 aliphatic carbocycles. The van der Waals surface area contributed by atoms with E-state index in [1.165, 1.54) is 12.2 Å². The van der Waals surface area contributed by atoms with E-state index in [2.05, 4.69) is 0 Å². The van der Waals surface area contributed by atoms with Crippen molar-refractivity contribution < 1.29 is 19.8 Å². The Kier molecular flexibility index (Phi) is 5.50. The minimum atomic E-state index is -1.09. The largest absolute Gasteiger partial charge is 0.480 e. The van der Waals surface area contributed by atoms with Gasteiger partial charge in [-0.15, -0.1) is 0 Å². The highest BCUT2D eigenvalue weighted by Crippen LogP contribution is 1.95. The number of carboxylic acids is 2. The molecular weight excluding hydrogens is 188 g/mol. The zero-order chi connectivity index (χ0) is 11.1. The van der Waals surface area contributed by atoms with Gasteiger partial charge in [-0.05, 0) is 12.8 Å². The Balaban J connectivity index is 3.74. The summed E-state index contributed by atoms with van der Waals surface area (Å²) in [4.78, 5) is 20.5. The van der Waals surface area contributed by atoms with Crippen LogP contribution in [0.15, 0.2) is 12.2 Å². The average molecular weight is 202 g/mol. The Labute approximate surface area is 81.2 Å². The summed E-state index contributed by atoms with van der Waals surface area (Å²) in [6.45, 7) is 0. The van der Waals surface area contributed by atoms with E-state index in [1.807, 2.05) is 0 Å². The van der Waals surface area contributed by atoms with Gasteiger partial charge in [0, 0.05) is 0 Å². The Hall–Kier alpha value is -1.40. The van der Waals surface area contributed by atoms with Crippen LogP contribution in [0.25, 0.3) is 0 Å². The van der Waals surface area contributed by atoms with Crippen molar-refractivity contribution in [2.75, 3.05) is 0 Å². The summed E-state index contributed by atoms with van der Waals surface area (Å²) in [5, 5.41) is 16.8. The SMILES string of the molecule is N[C@@H](C/C=C/C[C@H](N)C(=O)O)C(=O)O. The predicted molar refractivity (Wildman–Crippen MR) is 49.6 cm³/mol. The summed E-state index contributed by atoms with van der Waals surface area (Å²) < 4.78 is 0. The summed E-state index contributed by atoms with van der Waals surface area (Å²) in [7, 11) is 0. The number of hydrogen-bond acceptors (Lipinski definition) is 4. The third kappa shape index (κ3) is 5.28. The first-order chi connectivity index (χ1) is 6.45. The summed E-state index contributed by atoms with van der Waals surface area (Å²) in [6.07, 6.45) is 3.37. The molecule has 0 amide bonds. The van der Waals surface area contributed by atoms with E-state index in [-0.39, 0.29) is 12.8 Å². The van der Waals surface area contributed by atoms with Crippen LogP contribution >= 0.6 is 0 Å². The molecule has 0 fully saturated rings. The predicted octanol–water partition coefficient (Wildman–Crippen LogP) is -0.853. The standard InChI is InChI=1S/C8H14N2O4/c9-5(7(11)12)3-1-2-4-6(10)8(13)14/h1-2,5-6H,3-4,9-10H2,(H,11,12)(H,13,14)/b2-1+/t5-,6-/m0/s1. The van der Waals surface area contributed by atoms with Gasteiger partial charge in [0.05, 0.1) is 0 Å². The molecule has 0 aliphatic heterocycles. The van der Waals surface area contributed by atoms with Crippen molar-refractivity contribution in [2.24, 2.45) is 11.5 Å². The van der Waals surface area contributed by atoms with Gasteiger partial charge in [-0.3, -0.25) is 9.59 Å². The summed E-state index contributed by atoms with van der Waals surface area (Å²) in [5.74, 6) is -2.17. The fourth-order valence-corrected chi connectivity index (χ4v) is 0.687. The highest BCUT2D eigenvalue weighted by Gasteiger charge is 2.10. The van der Waals surface area contributed by atoms with Crippen LogP contribution in [0.4, 0.5) is 0 Å². The van der Waals surface area contributed by atoms with Gasteiger partial charge in [-0.25, -0.2) is 0 Å². The second-order valence-electron chi connectivity index (χ2n) is 2.83. The molecule has 0 heterocycles. The minimum absolute atomic E-state index is 0.168. The second-order valence-corrected chi connectivity index (χ2v) is 2.83. The van der Waals surface area contributed by atoms with Gasteiger partial charge in [-0.2, -0.15) is 0 Å². The van der Waals surface area contributed by atoms with Gasteiger partial charge in [0.25, 0.3) is 0 Å². The molecule has 0 unspecified atom stereocenters. The second kappa shape index (κ2) is 6.11. The average Bonchev–Trinajstić information content (AvgIpc) is 2.11. The van der Waals surface area contributed by atoms with Gasteiger partial charge in [0.2, 0.25) is 0 Å². The van der Waals surface area contributed by atoms with Gasteiger partial charge in [0.1, 0.15) is 12.1 Å². The number of carbonyl (C=O) groups is 2. The lowest BCUT2D eigenvalue weighted by molar-refractivity contribution is -0.139. The quantitative estimate of drug-likeness (QED) is 0.415. The van der Waals surface area contributed by atoms with Gasteiger partial charge in [-0.1, -0.05) is 12.2 Å². The third-order valence-corrected chi connectivity index (χ3v) is 1.58. The van der Waals surface area contributed by atoms with Crippen molar-refractivity contribution in [3.05, 3.63) is 12.2 Å². The van der Waals surface area contributed by atoms with Crippen LogP contribution in [0, 0.1) is 0 Å². The summed E-state index contributed by atoms with van der Waals surface area (Å²) in [5.41, 5.74) is 10.4. The maximum absolute atomic E-state index is 10.3. The number of rotatable bonds is 6. The van der Waals surface area contributed by atoms with Crippen molar-refractivity contribution in [3.8, 4) is 0 Å². The van der Waals surface area contributed by atoms with E-state index in [4.69, 9.17) is 21.7 Å². The van der Waals surface area contributed by atoms with Crippen molar-refractivity contribution >= 4 is 11.9 Å². The van der Waals surface area contributed by atoms with E-state index in [9.17, 15) is 9.59 Å². The van der Waals surface area contributed by atoms with Crippen molar-refractivity contribution in [2.45, 2.75) is 24.9 Å². The summed E-state index contributed by atoms with van der Waals surface area (Å²) in [6, 6.07) is -1.90. The smallest absolute Gasteiger partial charge is 0.320 e. The number of carboxylic acid groups (broad SMARTS) is 2. The lowest BCUT2D eigenvalue weighted by atomic mass is 10.1. The topological polar surface area (TPSA) is 127 Å². The van der Waals surface area contributed by atoms with Crippen LogP contribution in [-0.4, -0.2) is 34.2 Å². The van der Waals surface area contributed by atoms with E-state index < -0.39 is 24.0 Å².